The summed E-state index contributed by atoms with van der Waals surface area (Å²) in [6.45, 7) is 2.19. The smallest absolute Gasteiger partial charge is 0.318 e. The quantitative estimate of drug-likeness (QED) is 0.601. The minimum atomic E-state index is -0.276. The number of rotatable bonds is 7. The van der Waals surface area contributed by atoms with E-state index < -0.39 is 0 Å². The Morgan fingerprint density at radius 1 is 0.852 bits per heavy atom. The molecule has 0 aromatic heterocycles. The van der Waals surface area contributed by atoms with E-state index in [4.69, 9.17) is 4.74 Å². The first-order chi connectivity index (χ1) is 13.3. The van der Waals surface area contributed by atoms with E-state index in [2.05, 4.69) is 17.6 Å². The number of para-hydroxylation sites is 1. The average molecular weight is 360 g/mol. The van der Waals surface area contributed by atoms with Crippen LogP contribution in [0.5, 0.6) is 5.75 Å². The summed E-state index contributed by atoms with van der Waals surface area (Å²) < 4.78 is 5.72. The molecule has 2 N–H and O–H groups in total. The fraction of sp³-hybridized carbons (Fsp3) is 0.174. The highest BCUT2D eigenvalue weighted by atomic mass is 16.5. The third-order valence-electron chi connectivity index (χ3n) is 4.36. The molecule has 3 aromatic carbocycles. The van der Waals surface area contributed by atoms with E-state index in [-0.39, 0.29) is 18.8 Å². The maximum absolute atomic E-state index is 12.4. The highest BCUT2D eigenvalue weighted by molar-refractivity contribution is 5.75. The molecule has 2 amide bonds. The summed E-state index contributed by atoms with van der Waals surface area (Å²) in [6, 6.07) is 27.2. The molecule has 0 aliphatic rings. The number of hydrogen-bond acceptors (Lipinski definition) is 2. The van der Waals surface area contributed by atoms with Crippen LogP contribution in [0, 0.1) is 0 Å². The Morgan fingerprint density at radius 2 is 1.41 bits per heavy atom. The fourth-order valence-electron chi connectivity index (χ4n) is 2.95. The van der Waals surface area contributed by atoms with E-state index in [0.29, 0.717) is 0 Å². The Labute approximate surface area is 160 Å². The molecule has 0 spiro atoms. The minimum absolute atomic E-state index is 0.110. The van der Waals surface area contributed by atoms with Gasteiger partial charge in [-0.2, -0.15) is 0 Å². The molecule has 3 rings (SSSR count). The Bertz CT molecular complexity index is 811. The molecule has 138 valence electrons. The molecular formula is C23H24N2O2. The van der Waals surface area contributed by atoms with Gasteiger partial charge in [-0.05, 0) is 29.2 Å². The van der Waals surface area contributed by atoms with Crippen LogP contribution in [0.25, 0.3) is 0 Å². The largest absolute Gasteiger partial charge is 0.473 e. The van der Waals surface area contributed by atoms with E-state index in [9.17, 15) is 4.79 Å². The van der Waals surface area contributed by atoms with Crippen molar-refractivity contribution in [3.8, 4) is 5.75 Å². The van der Waals surface area contributed by atoms with Crippen molar-refractivity contribution in [1.82, 2.24) is 10.6 Å². The fourth-order valence-corrected chi connectivity index (χ4v) is 2.95. The molecule has 0 heterocycles. The molecule has 0 fully saturated rings. The van der Waals surface area contributed by atoms with Gasteiger partial charge in [0.25, 0.3) is 0 Å². The van der Waals surface area contributed by atoms with Crippen molar-refractivity contribution in [1.29, 1.82) is 0 Å². The molecule has 4 nitrogen and oxygen atoms in total. The molecule has 0 radical (unpaired) electrons. The van der Waals surface area contributed by atoms with Crippen molar-refractivity contribution in [3.63, 3.8) is 0 Å². The topological polar surface area (TPSA) is 50.4 Å². The van der Waals surface area contributed by atoms with E-state index in [1.807, 2.05) is 84.9 Å². The van der Waals surface area contributed by atoms with Gasteiger partial charge >= 0.3 is 6.03 Å². The number of carbonyl (C=O) groups is 1. The second kappa shape index (κ2) is 9.43. The van der Waals surface area contributed by atoms with Gasteiger partial charge in [-0.15, -0.1) is 0 Å². The Balaban J connectivity index is 1.63. The Morgan fingerprint density at radius 3 is 2.00 bits per heavy atom. The summed E-state index contributed by atoms with van der Waals surface area (Å²) >= 11 is 0. The standard InChI is InChI=1S/C23H24N2O2/c1-2-18-11-9-10-16-21(18)27-17-24-23(26)25-22(19-12-5-3-6-13-19)20-14-7-4-8-15-20/h3-16,22H,2,17H2,1H3,(H2,24,25,26). The summed E-state index contributed by atoms with van der Waals surface area (Å²) in [4.78, 5) is 12.4. The second-order valence-corrected chi connectivity index (χ2v) is 6.15. The van der Waals surface area contributed by atoms with Crippen molar-refractivity contribution in [2.75, 3.05) is 6.73 Å². The van der Waals surface area contributed by atoms with Gasteiger partial charge in [0.05, 0.1) is 6.04 Å². The molecular weight excluding hydrogens is 336 g/mol. The zero-order chi connectivity index (χ0) is 18.9. The van der Waals surface area contributed by atoms with Crippen molar-refractivity contribution < 1.29 is 9.53 Å². The number of carbonyl (C=O) groups excluding carboxylic acids is 1. The maximum Gasteiger partial charge on any atom is 0.318 e. The zero-order valence-electron chi connectivity index (χ0n) is 15.4. The lowest BCUT2D eigenvalue weighted by molar-refractivity contribution is 0.221. The van der Waals surface area contributed by atoms with Crippen molar-refractivity contribution in [2.45, 2.75) is 19.4 Å². The summed E-state index contributed by atoms with van der Waals surface area (Å²) in [7, 11) is 0. The first-order valence-corrected chi connectivity index (χ1v) is 9.13. The number of urea groups is 1. The van der Waals surface area contributed by atoms with Gasteiger partial charge in [-0.25, -0.2) is 4.79 Å². The van der Waals surface area contributed by atoms with Gasteiger partial charge in [0.15, 0.2) is 6.73 Å². The third-order valence-corrected chi connectivity index (χ3v) is 4.36. The lowest BCUT2D eigenvalue weighted by Gasteiger charge is -2.20. The maximum atomic E-state index is 12.4. The van der Waals surface area contributed by atoms with Crippen molar-refractivity contribution in [3.05, 3.63) is 102 Å². The van der Waals surface area contributed by atoms with Gasteiger partial charge < -0.3 is 15.4 Å². The highest BCUT2D eigenvalue weighted by Gasteiger charge is 2.16. The summed E-state index contributed by atoms with van der Waals surface area (Å²) in [5.41, 5.74) is 3.17. The number of amides is 2. The Hall–Kier alpha value is -3.27. The molecule has 0 unspecified atom stereocenters. The van der Waals surface area contributed by atoms with Crippen molar-refractivity contribution >= 4 is 6.03 Å². The van der Waals surface area contributed by atoms with Crippen LogP contribution in [0.1, 0.15) is 29.7 Å². The molecule has 0 saturated carbocycles. The Kier molecular flexibility index (Phi) is 6.47. The monoisotopic (exact) mass is 360 g/mol. The molecule has 4 heteroatoms. The molecule has 0 bridgehead atoms. The first kappa shape index (κ1) is 18.5. The van der Waals surface area contributed by atoms with Crippen LogP contribution in [0.15, 0.2) is 84.9 Å². The minimum Gasteiger partial charge on any atom is -0.473 e. The van der Waals surface area contributed by atoms with E-state index >= 15 is 0 Å². The van der Waals surface area contributed by atoms with Gasteiger partial charge in [0, 0.05) is 0 Å². The lowest BCUT2D eigenvalue weighted by Crippen LogP contribution is -2.40. The average Bonchev–Trinajstić information content (AvgIpc) is 2.73. The number of benzene rings is 3. The number of ether oxygens (including phenoxy) is 1. The van der Waals surface area contributed by atoms with Crippen LogP contribution in [0.3, 0.4) is 0 Å². The van der Waals surface area contributed by atoms with Gasteiger partial charge in [-0.1, -0.05) is 85.8 Å². The predicted molar refractivity (Wildman–Crippen MR) is 108 cm³/mol. The zero-order valence-corrected chi connectivity index (χ0v) is 15.4. The number of nitrogens with one attached hydrogen (secondary N) is 2. The summed E-state index contributed by atoms with van der Waals surface area (Å²) in [5.74, 6) is 0.794. The highest BCUT2D eigenvalue weighted by Crippen LogP contribution is 2.21. The van der Waals surface area contributed by atoms with E-state index in [1.165, 1.54) is 0 Å². The first-order valence-electron chi connectivity index (χ1n) is 9.13. The van der Waals surface area contributed by atoms with Gasteiger partial charge in [0.2, 0.25) is 0 Å². The molecule has 3 aromatic rings. The predicted octanol–water partition coefficient (Wildman–Crippen LogP) is 4.67. The third kappa shape index (κ3) is 5.11. The molecule has 0 aliphatic heterocycles. The summed E-state index contributed by atoms with van der Waals surface area (Å²) in [5, 5.41) is 5.81. The number of hydrogen-bond donors (Lipinski definition) is 2. The summed E-state index contributed by atoms with van der Waals surface area (Å²) in [6.07, 6.45) is 0.881. The van der Waals surface area contributed by atoms with E-state index in [1.54, 1.807) is 0 Å². The SMILES string of the molecule is CCc1ccccc1OCNC(=O)NC(c1ccccc1)c1ccccc1. The molecule has 0 atom stereocenters. The number of aryl methyl sites for hydroxylation is 1. The lowest BCUT2D eigenvalue weighted by atomic mass is 9.99. The van der Waals surface area contributed by atoms with Crippen LogP contribution in [0.4, 0.5) is 4.79 Å². The van der Waals surface area contributed by atoms with Crippen LogP contribution >= 0.6 is 0 Å². The van der Waals surface area contributed by atoms with E-state index in [0.717, 1.165) is 28.9 Å². The second-order valence-electron chi connectivity index (χ2n) is 6.15. The van der Waals surface area contributed by atoms with Gasteiger partial charge in [0.1, 0.15) is 5.75 Å². The van der Waals surface area contributed by atoms with Crippen LogP contribution in [-0.2, 0) is 6.42 Å². The van der Waals surface area contributed by atoms with Crippen LogP contribution in [-0.4, -0.2) is 12.8 Å². The normalized spacial score (nSPS) is 10.4. The van der Waals surface area contributed by atoms with Crippen LogP contribution in [0.2, 0.25) is 0 Å². The van der Waals surface area contributed by atoms with Crippen LogP contribution < -0.4 is 15.4 Å². The van der Waals surface area contributed by atoms with Gasteiger partial charge in [-0.3, -0.25) is 0 Å². The molecule has 0 saturated heterocycles. The van der Waals surface area contributed by atoms with Crippen molar-refractivity contribution in [2.24, 2.45) is 0 Å². The molecule has 0 aliphatic carbocycles. The molecule has 27 heavy (non-hydrogen) atoms.